The molecule has 122 valence electrons. The molecule has 0 atom stereocenters. The minimum absolute atomic E-state index is 0.515. The Labute approximate surface area is 141 Å². The van der Waals surface area contributed by atoms with Crippen LogP contribution in [0.3, 0.4) is 0 Å². The molecule has 0 aliphatic carbocycles. The Morgan fingerprint density at radius 3 is 2.79 bits per heavy atom. The summed E-state index contributed by atoms with van der Waals surface area (Å²) in [6, 6.07) is 12.3. The number of pyridine rings is 1. The lowest BCUT2D eigenvalue weighted by Gasteiger charge is -2.08. The molecule has 1 heterocycles. The number of aryl methyl sites for hydroxylation is 1. The van der Waals surface area contributed by atoms with Gasteiger partial charge in [-0.05, 0) is 24.3 Å². The molecule has 2 aromatic carbocycles. The van der Waals surface area contributed by atoms with E-state index in [2.05, 4.69) is 46.0 Å². The van der Waals surface area contributed by atoms with Crippen LogP contribution in [-0.4, -0.2) is 19.5 Å². The largest absolute Gasteiger partial charge is 0.497 e. The third kappa shape index (κ3) is 2.81. The monoisotopic (exact) mass is 321 g/mol. The second-order valence-electron chi connectivity index (χ2n) is 5.55. The maximum absolute atomic E-state index is 5.61. The Balaban J connectivity index is 2.22. The highest BCUT2D eigenvalue weighted by atomic mass is 16.5. The van der Waals surface area contributed by atoms with Crippen LogP contribution >= 0.6 is 0 Å². The van der Waals surface area contributed by atoms with Gasteiger partial charge in [0.05, 0.1) is 24.4 Å². The minimum Gasteiger partial charge on any atom is -0.497 e. The van der Waals surface area contributed by atoms with E-state index >= 15 is 0 Å². The molecule has 0 saturated heterocycles. The molecular weight excluding hydrogens is 300 g/mol. The number of hydrazine groups is 1. The predicted octanol–water partition coefficient (Wildman–Crippen LogP) is 2.22. The van der Waals surface area contributed by atoms with Gasteiger partial charge in [-0.25, -0.2) is 10.4 Å². The van der Waals surface area contributed by atoms with Gasteiger partial charge in [0.1, 0.15) is 18.6 Å². The maximum Gasteiger partial charge on any atom is 0.213 e. The average Bonchev–Trinajstić information content (AvgIpc) is 2.62. The number of rotatable bonds is 4. The number of nitrogens with two attached hydrogens (primary N) is 1. The molecular formula is C19H21N4O+. The number of benzene rings is 2. The molecule has 0 aliphatic heterocycles. The van der Waals surface area contributed by atoms with E-state index in [1.807, 2.05) is 25.2 Å². The van der Waals surface area contributed by atoms with Crippen LogP contribution in [0.15, 0.2) is 60.2 Å². The van der Waals surface area contributed by atoms with E-state index in [-0.39, 0.29) is 0 Å². The molecule has 0 bridgehead atoms. The van der Waals surface area contributed by atoms with Gasteiger partial charge in [0.15, 0.2) is 6.20 Å². The van der Waals surface area contributed by atoms with Crippen LogP contribution in [0.4, 0.5) is 0 Å². The lowest BCUT2D eigenvalue weighted by atomic mass is 10.0. The number of aliphatic imine (C=N–C) groups is 1. The summed E-state index contributed by atoms with van der Waals surface area (Å²) in [7, 11) is 3.71. The van der Waals surface area contributed by atoms with E-state index in [0.717, 1.165) is 22.2 Å². The summed E-state index contributed by atoms with van der Waals surface area (Å²) in [4.78, 5) is 4.39. The number of amidine groups is 1. The molecule has 5 heteroatoms. The number of nitrogens with one attached hydrogen (secondary N) is 1. The highest BCUT2D eigenvalue weighted by Crippen LogP contribution is 2.26. The molecule has 3 N–H and O–H groups in total. The van der Waals surface area contributed by atoms with Crippen molar-refractivity contribution in [1.29, 1.82) is 0 Å². The first kappa shape index (κ1) is 16.0. The molecule has 0 unspecified atom stereocenters. The van der Waals surface area contributed by atoms with Crippen LogP contribution in [0.1, 0.15) is 5.56 Å². The second-order valence-corrected chi connectivity index (χ2v) is 5.55. The van der Waals surface area contributed by atoms with Gasteiger partial charge < -0.3 is 10.2 Å². The van der Waals surface area contributed by atoms with Crippen molar-refractivity contribution in [2.24, 2.45) is 17.9 Å². The predicted molar refractivity (Wildman–Crippen MR) is 98.1 cm³/mol. The van der Waals surface area contributed by atoms with Crippen LogP contribution in [-0.2, 0) is 7.05 Å². The van der Waals surface area contributed by atoms with Crippen LogP contribution in [0, 0.1) is 0 Å². The van der Waals surface area contributed by atoms with Crippen molar-refractivity contribution in [3.05, 3.63) is 60.8 Å². The van der Waals surface area contributed by atoms with E-state index in [4.69, 9.17) is 10.6 Å². The normalized spacial score (nSPS) is 11.7. The molecule has 0 saturated carbocycles. The smallest absolute Gasteiger partial charge is 0.213 e. The topological polar surface area (TPSA) is 63.5 Å². The Kier molecular flexibility index (Phi) is 4.44. The van der Waals surface area contributed by atoms with E-state index in [9.17, 15) is 0 Å². The molecule has 0 radical (unpaired) electrons. The zero-order valence-corrected chi connectivity index (χ0v) is 13.9. The lowest BCUT2D eigenvalue weighted by Crippen LogP contribution is -2.32. The van der Waals surface area contributed by atoms with Gasteiger partial charge in [0.2, 0.25) is 5.52 Å². The van der Waals surface area contributed by atoms with Crippen molar-refractivity contribution < 1.29 is 9.30 Å². The van der Waals surface area contributed by atoms with E-state index in [1.54, 1.807) is 13.2 Å². The first-order valence-corrected chi connectivity index (χ1v) is 7.70. The van der Waals surface area contributed by atoms with Gasteiger partial charge in [-0.2, -0.15) is 0 Å². The van der Waals surface area contributed by atoms with Gasteiger partial charge in [-0.1, -0.05) is 12.1 Å². The van der Waals surface area contributed by atoms with Gasteiger partial charge >= 0.3 is 0 Å². The van der Waals surface area contributed by atoms with Crippen molar-refractivity contribution in [2.45, 2.75) is 0 Å². The number of fused-ring (bicyclic) bond motifs is 3. The molecule has 0 fully saturated rings. The molecule has 0 amide bonds. The van der Waals surface area contributed by atoms with Crippen LogP contribution in [0.5, 0.6) is 5.75 Å². The zero-order valence-electron chi connectivity index (χ0n) is 13.9. The summed E-state index contributed by atoms with van der Waals surface area (Å²) in [5, 5.41) is 3.48. The third-order valence-electron chi connectivity index (χ3n) is 4.05. The zero-order chi connectivity index (χ0) is 17.1. The Bertz CT molecular complexity index is 947. The van der Waals surface area contributed by atoms with Gasteiger partial charge in [0.25, 0.3) is 0 Å². The van der Waals surface area contributed by atoms with Crippen LogP contribution in [0.25, 0.3) is 21.7 Å². The van der Waals surface area contributed by atoms with E-state index < -0.39 is 0 Å². The quantitative estimate of drug-likeness (QED) is 0.147. The second kappa shape index (κ2) is 6.68. The van der Waals surface area contributed by atoms with Crippen molar-refractivity contribution in [2.75, 3.05) is 13.7 Å². The molecule has 3 rings (SSSR count). The molecule has 0 aliphatic rings. The van der Waals surface area contributed by atoms with Crippen molar-refractivity contribution in [3.8, 4) is 5.75 Å². The standard InChI is InChI=1S/C19H20N4O/c1-4-9-21-19(22-20)13-5-7-17-16-8-6-15(24-3)10-14(16)12-23(2)18(17)11-13/h4-8,10-12,20-21H,1,9H2,2-3H3/p+1. The average molecular weight is 321 g/mol. The Morgan fingerprint density at radius 1 is 1.29 bits per heavy atom. The number of aromatic nitrogens is 1. The number of ether oxygens (including phenoxy) is 1. The van der Waals surface area contributed by atoms with Gasteiger partial charge in [-0.15, -0.1) is 6.58 Å². The van der Waals surface area contributed by atoms with E-state index in [0.29, 0.717) is 12.4 Å². The fraction of sp³-hybridized carbons (Fsp3) is 0.158. The summed E-state index contributed by atoms with van der Waals surface area (Å²) in [6.45, 7) is 4.20. The van der Waals surface area contributed by atoms with Crippen molar-refractivity contribution >= 4 is 27.5 Å². The molecule has 0 spiro atoms. The summed E-state index contributed by atoms with van der Waals surface area (Å²) in [5.41, 5.74) is 4.71. The van der Waals surface area contributed by atoms with Gasteiger partial charge in [-0.3, -0.25) is 4.99 Å². The lowest BCUT2D eigenvalue weighted by molar-refractivity contribution is -0.643. The highest BCUT2D eigenvalue weighted by Gasteiger charge is 2.13. The Morgan fingerprint density at radius 2 is 2.08 bits per heavy atom. The fourth-order valence-corrected chi connectivity index (χ4v) is 2.87. The maximum atomic E-state index is 5.61. The van der Waals surface area contributed by atoms with Crippen LogP contribution in [0.2, 0.25) is 0 Å². The van der Waals surface area contributed by atoms with Crippen LogP contribution < -0.4 is 20.6 Å². The van der Waals surface area contributed by atoms with Crippen molar-refractivity contribution in [1.82, 2.24) is 5.43 Å². The first-order valence-electron chi connectivity index (χ1n) is 7.70. The van der Waals surface area contributed by atoms with E-state index in [1.165, 1.54) is 10.8 Å². The molecule has 1 aromatic heterocycles. The minimum atomic E-state index is 0.515. The number of hydrogen-bond acceptors (Lipinski definition) is 3. The molecule has 24 heavy (non-hydrogen) atoms. The first-order chi connectivity index (χ1) is 11.7. The number of hydrogen-bond donors (Lipinski definition) is 2. The SMILES string of the molecule is C=CCN=C(NN)c1ccc2c3ccc(OC)cc3c[n+](C)c2c1. The summed E-state index contributed by atoms with van der Waals surface area (Å²) in [6.07, 6.45) is 3.83. The summed E-state index contributed by atoms with van der Waals surface area (Å²) < 4.78 is 7.42. The fourth-order valence-electron chi connectivity index (χ4n) is 2.87. The summed E-state index contributed by atoms with van der Waals surface area (Å²) >= 11 is 0. The Hall–Kier alpha value is -2.92. The van der Waals surface area contributed by atoms with Crippen molar-refractivity contribution in [3.63, 3.8) is 0 Å². The third-order valence-corrected chi connectivity index (χ3v) is 4.05. The number of methoxy groups -OCH3 is 1. The highest BCUT2D eigenvalue weighted by molar-refractivity contribution is 6.07. The summed E-state index contributed by atoms with van der Waals surface area (Å²) in [5.74, 6) is 7.11. The van der Waals surface area contributed by atoms with Gasteiger partial charge in [0, 0.05) is 17.0 Å². The molecule has 3 aromatic rings. The number of nitrogens with zero attached hydrogens (tertiary/aromatic N) is 2. The molecule has 5 nitrogen and oxygen atoms in total.